The van der Waals surface area contributed by atoms with Crippen molar-refractivity contribution in [3.05, 3.63) is 48.8 Å². The molecule has 0 unspecified atom stereocenters. The highest BCUT2D eigenvalue weighted by molar-refractivity contribution is 14.1. The second-order valence-electron chi connectivity index (χ2n) is 5.60. The number of aryl methyl sites for hydroxylation is 2. The molecule has 2 aliphatic rings. The van der Waals surface area contributed by atoms with Crippen molar-refractivity contribution in [1.82, 2.24) is 0 Å². The maximum absolute atomic E-state index is 8.49. The first-order valence-electron chi connectivity index (χ1n) is 7.20. The molecule has 0 bridgehead atoms. The van der Waals surface area contributed by atoms with Crippen LogP contribution in [0.15, 0.2) is 39.2 Å². The Kier molecular flexibility index (Phi) is 5.64. The van der Waals surface area contributed by atoms with Crippen LogP contribution < -0.4 is 18.6 Å². The summed E-state index contributed by atoms with van der Waals surface area (Å²) in [5.74, 6) is 1.84. The summed E-state index contributed by atoms with van der Waals surface area (Å²) in [6.45, 7) is 4.09. The summed E-state index contributed by atoms with van der Waals surface area (Å²) in [5, 5.41) is 2.19. The molecule has 1 aromatic carbocycles. The number of benzene rings is 1. The van der Waals surface area contributed by atoms with E-state index in [0.29, 0.717) is 0 Å². The van der Waals surface area contributed by atoms with Crippen LogP contribution in [0.25, 0.3) is 33.3 Å². The third-order valence-electron chi connectivity index (χ3n) is 3.73. The lowest BCUT2D eigenvalue weighted by atomic mass is 10.1. The summed E-state index contributed by atoms with van der Waals surface area (Å²) in [6, 6.07) is 10.5. The van der Waals surface area contributed by atoms with Crippen LogP contribution in [0.4, 0.5) is 0 Å². The van der Waals surface area contributed by atoms with Crippen molar-refractivity contribution in [1.29, 1.82) is 0 Å². The van der Waals surface area contributed by atoms with Crippen LogP contribution in [0.5, 0.6) is 0 Å². The van der Waals surface area contributed by atoms with Gasteiger partial charge in [-0.05, 0) is 75.9 Å². The minimum atomic E-state index is -4.94. The van der Waals surface area contributed by atoms with Gasteiger partial charge in [0.05, 0.1) is 22.1 Å². The van der Waals surface area contributed by atoms with Crippen molar-refractivity contribution in [2.24, 2.45) is 0 Å². The fourth-order valence-electron chi connectivity index (χ4n) is 2.78. The lowest BCUT2D eigenvalue weighted by molar-refractivity contribution is -2.00. The van der Waals surface area contributed by atoms with Crippen LogP contribution in [-0.4, -0.2) is 0 Å². The molecule has 2 heterocycles. The zero-order valence-corrected chi connectivity index (χ0v) is 18.5. The normalized spacial score (nSPS) is 11.8. The van der Waals surface area contributed by atoms with Crippen molar-refractivity contribution in [3.8, 4) is 11.3 Å². The van der Waals surface area contributed by atoms with Crippen LogP contribution in [0, 0.1) is 31.2 Å². The molecule has 9 heteroatoms. The molecule has 0 fully saturated rings. The van der Waals surface area contributed by atoms with Crippen molar-refractivity contribution < 1.29 is 37.7 Å². The highest BCUT2D eigenvalue weighted by Gasteiger charge is 2.28. The van der Waals surface area contributed by atoms with Gasteiger partial charge in [-0.3, -0.25) is 0 Å². The van der Waals surface area contributed by atoms with Gasteiger partial charge in [0, 0.05) is 8.96 Å². The second kappa shape index (κ2) is 7.34. The van der Waals surface area contributed by atoms with E-state index in [1.54, 1.807) is 0 Å². The smallest absolute Gasteiger partial charge is 0.372 e. The van der Waals surface area contributed by atoms with Gasteiger partial charge in [-0.15, -0.1) is 10.2 Å². The van der Waals surface area contributed by atoms with Gasteiger partial charge in [-0.2, -0.15) is 0 Å². The first-order chi connectivity index (χ1) is 12.0. The average Bonchev–Trinajstić information content (AvgIpc) is 3.00. The van der Waals surface area contributed by atoms with Crippen LogP contribution >= 0.6 is 45.2 Å². The zero-order valence-electron chi connectivity index (χ0n) is 13.5. The quantitative estimate of drug-likeness (QED) is 0.224. The van der Waals surface area contributed by atoms with Crippen molar-refractivity contribution in [3.63, 3.8) is 0 Å². The number of fused-ring (bicyclic) bond motifs is 5. The molecule has 1 aromatic heterocycles. The molecule has 0 spiro atoms. The Morgan fingerprint density at radius 3 is 2.31 bits per heavy atom. The van der Waals surface area contributed by atoms with E-state index in [1.807, 2.05) is 13.0 Å². The lowest BCUT2D eigenvalue weighted by Crippen LogP contribution is -2.68. The fourth-order valence-corrected chi connectivity index (χ4v) is 4.73. The van der Waals surface area contributed by atoms with Gasteiger partial charge in [0.15, 0.2) is 0 Å². The summed E-state index contributed by atoms with van der Waals surface area (Å²) in [4.78, 5) is 0. The summed E-state index contributed by atoms with van der Waals surface area (Å²) in [6.07, 6.45) is 0. The van der Waals surface area contributed by atoms with E-state index in [0.717, 1.165) is 42.6 Å². The Labute approximate surface area is 177 Å². The van der Waals surface area contributed by atoms with Crippen LogP contribution in [-0.2, 0) is 0 Å². The standard InChI is InChI=1S/C17H11I2O2.ClHO4/c1-8-3-4-14-15(17-11(8)5-9(2)20-17)12-6-10(18)7-13(19)16(12)21-14;2-1(3,4)5/h3-7H,1-2H3;(H,2,3,4,5)/q+1;/p-1. The summed E-state index contributed by atoms with van der Waals surface area (Å²) in [5.41, 5.74) is 4.16. The average molecular weight is 601 g/mol. The van der Waals surface area contributed by atoms with Crippen LogP contribution in [0.1, 0.15) is 11.3 Å². The third-order valence-corrected chi connectivity index (χ3v) is 5.15. The summed E-state index contributed by atoms with van der Waals surface area (Å²) in [7, 11) is -4.94. The number of furan rings is 2. The van der Waals surface area contributed by atoms with Crippen molar-refractivity contribution in [2.45, 2.75) is 13.8 Å². The van der Waals surface area contributed by atoms with E-state index < -0.39 is 10.2 Å². The van der Waals surface area contributed by atoms with E-state index in [4.69, 9.17) is 27.5 Å². The molecule has 0 atom stereocenters. The first kappa shape index (κ1) is 20.0. The fraction of sp³-hybridized carbons (Fsp3) is 0.118. The number of halogens is 3. The maximum atomic E-state index is 8.49. The first-order valence-corrected chi connectivity index (χ1v) is 10.6. The van der Waals surface area contributed by atoms with E-state index in [2.05, 4.69) is 76.4 Å². The molecular weight excluding hydrogens is 589 g/mol. The van der Waals surface area contributed by atoms with Gasteiger partial charge in [-0.1, -0.05) is 6.07 Å². The van der Waals surface area contributed by atoms with Crippen LogP contribution in [0.3, 0.4) is 0 Å². The molecule has 0 radical (unpaired) electrons. The van der Waals surface area contributed by atoms with Gasteiger partial charge in [-0.25, -0.2) is 23.1 Å². The minimum Gasteiger partial charge on any atom is -0.455 e. The number of rotatable bonds is 0. The Bertz CT molecular complexity index is 1080. The zero-order chi connectivity index (χ0) is 19.2. The Morgan fingerprint density at radius 2 is 1.65 bits per heavy atom. The van der Waals surface area contributed by atoms with Gasteiger partial charge in [0.1, 0.15) is 16.6 Å². The molecule has 0 saturated heterocycles. The molecular formula is C17H11ClI2O6. The van der Waals surface area contributed by atoms with Crippen molar-refractivity contribution in [2.75, 3.05) is 0 Å². The highest BCUT2D eigenvalue weighted by Crippen LogP contribution is 2.41. The molecule has 136 valence electrons. The topological polar surface area (TPSA) is 117 Å². The van der Waals surface area contributed by atoms with Gasteiger partial charge in [0.25, 0.3) is 0 Å². The van der Waals surface area contributed by atoms with E-state index >= 15 is 0 Å². The highest BCUT2D eigenvalue weighted by atomic mass is 127. The molecule has 1 aliphatic heterocycles. The molecule has 6 nitrogen and oxygen atoms in total. The monoisotopic (exact) mass is 600 g/mol. The maximum Gasteiger partial charge on any atom is 0.372 e. The largest absolute Gasteiger partial charge is 0.455 e. The Balaban J connectivity index is 0.000000349. The molecule has 4 rings (SSSR count). The van der Waals surface area contributed by atoms with Crippen LogP contribution in [0.2, 0.25) is 0 Å². The number of hydrogen-bond acceptors (Lipinski definition) is 5. The SMILES string of the molecule is Cc1cc2c(C)ccc3oc4c(I)cc(I)cc4c3c-2[o+]1.[O-][Cl+3]([O-])([O-])[O-]. The lowest BCUT2D eigenvalue weighted by Gasteiger charge is -2.17. The molecule has 26 heavy (non-hydrogen) atoms. The van der Waals surface area contributed by atoms with Gasteiger partial charge >= 0.3 is 11.5 Å². The molecule has 0 N–H and O–H groups in total. The molecule has 0 amide bonds. The molecule has 1 aliphatic carbocycles. The predicted octanol–water partition coefficient (Wildman–Crippen LogP) is 1.63. The predicted molar refractivity (Wildman–Crippen MR) is 102 cm³/mol. The van der Waals surface area contributed by atoms with E-state index in [1.165, 1.54) is 9.13 Å². The number of hydrogen-bond donors (Lipinski definition) is 0. The van der Waals surface area contributed by atoms with Crippen molar-refractivity contribution >= 4 is 67.1 Å². The second-order valence-corrected chi connectivity index (χ2v) is 8.76. The van der Waals surface area contributed by atoms with Gasteiger partial charge in [0.2, 0.25) is 0 Å². The Morgan fingerprint density at radius 1 is 1.00 bits per heavy atom. The Hall–Kier alpha value is -0.760. The minimum absolute atomic E-state index is 0.873. The third kappa shape index (κ3) is 4.21. The molecule has 0 saturated carbocycles. The molecule has 2 aromatic rings. The van der Waals surface area contributed by atoms with Gasteiger partial charge < -0.3 is 4.42 Å². The van der Waals surface area contributed by atoms with E-state index in [-0.39, 0.29) is 0 Å². The summed E-state index contributed by atoms with van der Waals surface area (Å²) < 4.78 is 48.4. The van der Waals surface area contributed by atoms with E-state index in [9.17, 15) is 0 Å². The summed E-state index contributed by atoms with van der Waals surface area (Å²) >= 11 is 4.67.